The summed E-state index contributed by atoms with van der Waals surface area (Å²) >= 11 is 2.24. The summed E-state index contributed by atoms with van der Waals surface area (Å²) in [5, 5.41) is 0. The topological polar surface area (TPSA) is 29.5 Å². The number of halogens is 1. The zero-order valence-corrected chi connectivity index (χ0v) is 11.3. The number of hydrogen-bond donors (Lipinski definition) is 0. The molecule has 4 heteroatoms. The molecule has 0 aromatic heterocycles. The summed E-state index contributed by atoms with van der Waals surface area (Å²) < 4.78 is 6.50. The van der Waals surface area contributed by atoms with Gasteiger partial charge in [-0.1, -0.05) is 12.1 Å². The number of ether oxygens (including phenoxy) is 1. The zero-order chi connectivity index (χ0) is 11.7. The van der Waals surface area contributed by atoms with Crippen LogP contribution in [0.2, 0.25) is 0 Å². The minimum absolute atomic E-state index is 0.0469. The fourth-order valence-electron chi connectivity index (χ4n) is 1.68. The Labute approximate surface area is 108 Å². The molecule has 16 heavy (non-hydrogen) atoms. The van der Waals surface area contributed by atoms with Gasteiger partial charge in [0.1, 0.15) is 0 Å². The Morgan fingerprint density at radius 1 is 1.38 bits per heavy atom. The van der Waals surface area contributed by atoms with E-state index in [1.54, 1.807) is 0 Å². The molecule has 0 unspecified atom stereocenters. The Morgan fingerprint density at radius 3 is 2.75 bits per heavy atom. The van der Waals surface area contributed by atoms with Gasteiger partial charge in [0.15, 0.2) is 6.61 Å². The molecule has 0 bridgehead atoms. The van der Waals surface area contributed by atoms with Crippen molar-refractivity contribution in [2.45, 2.75) is 0 Å². The summed E-state index contributed by atoms with van der Waals surface area (Å²) in [5.74, 6) is 0.706. The van der Waals surface area contributed by atoms with Crippen LogP contribution in [0.1, 0.15) is 5.56 Å². The van der Waals surface area contributed by atoms with E-state index in [-0.39, 0.29) is 12.4 Å². The molecule has 0 spiro atoms. The van der Waals surface area contributed by atoms with Crippen LogP contribution in [0.15, 0.2) is 30.1 Å². The summed E-state index contributed by atoms with van der Waals surface area (Å²) in [6.45, 7) is 0.147. The lowest BCUT2D eigenvalue weighted by molar-refractivity contribution is -0.115. The van der Waals surface area contributed by atoms with Crippen molar-refractivity contribution >= 4 is 33.9 Å². The van der Waals surface area contributed by atoms with E-state index in [9.17, 15) is 4.79 Å². The van der Waals surface area contributed by atoms with Gasteiger partial charge in [-0.15, -0.1) is 0 Å². The first kappa shape index (κ1) is 11.4. The molecule has 0 radical (unpaired) electrons. The molecule has 0 N–H and O–H groups in total. The fourth-order valence-corrected chi connectivity index (χ4v) is 2.22. The molecule has 0 atom stereocenters. The summed E-state index contributed by atoms with van der Waals surface area (Å²) in [6.07, 6.45) is 0. The van der Waals surface area contributed by atoms with Crippen molar-refractivity contribution < 1.29 is 9.53 Å². The van der Waals surface area contributed by atoms with Crippen molar-refractivity contribution in [1.29, 1.82) is 0 Å². The summed E-state index contributed by atoms with van der Waals surface area (Å²) in [6, 6.07) is 7.88. The summed E-state index contributed by atoms with van der Waals surface area (Å²) in [5.41, 5.74) is 1.61. The lowest BCUT2D eigenvalue weighted by atomic mass is 10.0. The highest BCUT2D eigenvalue weighted by Crippen LogP contribution is 2.28. The van der Waals surface area contributed by atoms with Crippen LogP contribution in [-0.2, 0) is 9.53 Å². The highest BCUT2D eigenvalue weighted by atomic mass is 127. The van der Waals surface area contributed by atoms with Crippen molar-refractivity contribution in [3.63, 3.8) is 0 Å². The highest BCUT2D eigenvalue weighted by molar-refractivity contribution is 14.1. The number of hydrogen-bond acceptors (Lipinski definition) is 3. The lowest BCUT2D eigenvalue weighted by Gasteiger charge is -2.14. The SMILES string of the molecule is CN(C)C1=C(c2cccc(I)c2)C(=O)CO1. The van der Waals surface area contributed by atoms with Gasteiger partial charge >= 0.3 is 0 Å². The molecule has 84 valence electrons. The number of carbonyl (C=O) groups is 1. The van der Waals surface area contributed by atoms with E-state index >= 15 is 0 Å². The maximum Gasteiger partial charge on any atom is 0.206 e. The molecular formula is C12H12INO2. The van der Waals surface area contributed by atoms with E-state index in [0.29, 0.717) is 11.5 Å². The first-order valence-corrected chi connectivity index (χ1v) is 6.01. The number of Topliss-reactive ketones (excluding diaryl/α,β-unsaturated/α-hetero) is 1. The van der Waals surface area contributed by atoms with Gasteiger partial charge in [0.25, 0.3) is 0 Å². The van der Waals surface area contributed by atoms with Crippen molar-refractivity contribution in [2.24, 2.45) is 0 Å². The molecule has 0 aliphatic carbocycles. The van der Waals surface area contributed by atoms with E-state index in [1.165, 1.54) is 0 Å². The number of ketones is 1. The van der Waals surface area contributed by atoms with Gasteiger partial charge in [-0.25, -0.2) is 0 Å². The monoisotopic (exact) mass is 329 g/mol. The van der Waals surface area contributed by atoms with Crippen LogP contribution in [0.4, 0.5) is 0 Å². The Bertz CT molecular complexity index is 466. The van der Waals surface area contributed by atoms with Crippen LogP contribution >= 0.6 is 22.6 Å². The zero-order valence-electron chi connectivity index (χ0n) is 9.16. The maximum atomic E-state index is 11.8. The second-order valence-electron chi connectivity index (χ2n) is 3.80. The summed E-state index contributed by atoms with van der Waals surface area (Å²) in [4.78, 5) is 13.6. The van der Waals surface area contributed by atoms with Crippen LogP contribution in [0.5, 0.6) is 0 Å². The molecule has 0 amide bonds. The van der Waals surface area contributed by atoms with Crippen molar-refractivity contribution in [3.05, 3.63) is 39.3 Å². The van der Waals surface area contributed by atoms with Crippen LogP contribution < -0.4 is 0 Å². The number of rotatable bonds is 2. The van der Waals surface area contributed by atoms with E-state index in [4.69, 9.17) is 4.74 Å². The molecule has 1 aliphatic heterocycles. The van der Waals surface area contributed by atoms with E-state index < -0.39 is 0 Å². The molecule has 0 fully saturated rings. The third kappa shape index (κ3) is 2.07. The molecule has 2 rings (SSSR count). The predicted molar refractivity (Wildman–Crippen MR) is 70.7 cm³/mol. The summed E-state index contributed by atoms with van der Waals surface area (Å²) in [7, 11) is 3.75. The molecule has 1 heterocycles. The lowest BCUT2D eigenvalue weighted by Crippen LogP contribution is -2.12. The maximum absolute atomic E-state index is 11.8. The van der Waals surface area contributed by atoms with Crippen LogP contribution in [-0.4, -0.2) is 31.4 Å². The van der Waals surface area contributed by atoms with E-state index in [0.717, 1.165) is 9.13 Å². The molecule has 3 nitrogen and oxygen atoms in total. The van der Waals surface area contributed by atoms with E-state index in [2.05, 4.69) is 22.6 Å². The Morgan fingerprint density at radius 2 is 2.12 bits per heavy atom. The predicted octanol–water partition coefficient (Wildman–Crippen LogP) is 2.12. The van der Waals surface area contributed by atoms with Gasteiger partial charge in [-0.3, -0.25) is 4.79 Å². The normalized spacial score (nSPS) is 15.3. The van der Waals surface area contributed by atoms with Crippen molar-refractivity contribution in [1.82, 2.24) is 4.90 Å². The molecule has 0 saturated heterocycles. The average Bonchev–Trinajstić information content (AvgIpc) is 2.60. The largest absolute Gasteiger partial charge is 0.470 e. The quantitative estimate of drug-likeness (QED) is 0.779. The first-order valence-electron chi connectivity index (χ1n) is 4.93. The Kier molecular flexibility index (Phi) is 3.18. The van der Waals surface area contributed by atoms with Crippen LogP contribution in [0, 0.1) is 3.57 Å². The van der Waals surface area contributed by atoms with Gasteiger partial charge < -0.3 is 9.64 Å². The molecular weight excluding hydrogens is 317 g/mol. The van der Waals surface area contributed by atoms with Gasteiger partial charge in [0.2, 0.25) is 11.7 Å². The second-order valence-corrected chi connectivity index (χ2v) is 5.04. The number of benzene rings is 1. The van der Waals surface area contributed by atoms with Gasteiger partial charge in [-0.2, -0.15) is 0 Å². The minimum atomic E-state index is 0.0469. The van der Waals surface area contributed by atoms with Gasteiger partial charge in [0, 0.05) is 17.7 Å². The third-order valence-electron chi connectivity index (χ3n) is 2.35. The highest BCUT2D eigenvalue weighted by Gasteiger charge is 2.27. The van der Waals surface area contributed by atoms with Gasteiger partial charge in [0.05, 0.1) is 5.57 Å². The number of carbonyl (C=O) groups excluding carboxylic acids is 1. The van der Waals surface area contributed by atoms with Crippen LogP contribution in [0.3, 0.4) is 0 Å². The Hall–Kier alpha value is -1.04. The fraction of sp³-hybridized carbons (Fsp3) is 0.250. The standard InChI is InChI=1S/C12H12INO2/c1-14(2)12-11(10(15)7-16-12)8-4-3-5-9(13)6-8/h3-6H,7H2,1-2H3. The van der Waals surface area contributed by atoms with Gasteiger partial charge in [-0.05, 0) is 40.3 Å². The van der Waals surface area contributed by atoms with E-state index in [1.807, 2.05) is 43.3 Å². The van der Waals surface area contributed by atoms with Crippen LogP contribution in [0.25, 0.3) is 5.57 Å². The second kappa shape index (κ2) is 4.45. The van der Waals surface area contributed by atoms with Crippen molar-refractivity contribution in [2.75, 3.05) is 20.7 Å². The third-order valence-corrected chi connectivity index (χ3v) is 3.02. The minimum Gasteiger partial charge on any atom is -0.470 e. The smallest absolute Gasteiger partial charge is 0.206 e. The molecule has 0 saturated carbocycles. The van der Waals surface area contributed by atoms with Crippen molar-refractivity contribution in [3.8, 4) is 0 Å². The molecule has 1 aliphatic rings. The first-order chi connectivity index (χ1) is 7.59. The molecule has 1 aromatic rings. The Balaban J connectivity index is 2.52. The number of nitrogens with zero attached hydrogens (tertiary/aromatic N) is 1. The average molecular weight is 329 g/mol. The molecule has 1 aromatic carbocycles.